The van der Waals surface area contributed by atoms with Gasteiger partial charge in [-0.25, -0.2) is 4.98 Å². The number of aryl methyl sites for hydroxylation is 1. The second-order valence-corrected chi connectivity index (χ2v) is 8.14. The van der Waals surface area contributed by atoms with Crippen LogP contribution in [0.3, 0.4) is 0 Å². The first-order valence-corrected chi connectivity index (χ1v) is 11.2. The maximum absolute atomic E-state index is 12.6. The van der Waals surface area contributed by atoms with Crippen molar-refractivity contribution < 1.29 is 18.7 Å². The molecule has 2 amide bonds. The number of hydrogen-bond acceptors (Lipinski definition) is 6. The van der Waals surface area contributed by atoms with E-state index in [4.69, 9.17) is 9.15 Å². The average Bonchev–Trinajstić information content (AvgIpc) is 3.23. The first-order valence-electron chi connectivity index (χ1n) is 11.2. The van der Waals surface area contributed by atoms with E-state index in [1.165, 1.54) is 6.20 Å². The van der Waals surface area contributed by atoms with Crippen LogP contribution in [0.25, 0.3) is 11.5 Å². The van der Waals surface area contributed by atoms with Gasteiger partial charge in [0.05, 0.1) is 29.5 Å². The van der Waals surface area contributed by atoms with Crippen molar-refractivity contribution >= 4 is 17.5 Å². The summed E-state index contributed by atoms with van der Waals surface area (Å²) in [6.45, 7) is 5.87. The Kier molecular flexibility index (Phi) is 7.21. The molecule has 0 atom stereocenters. The van der Waals surface area contributed by atoms with Crippen LogP contribution in [0.15, 0.2) is 77.5 Å². The molecule has 35 heavy (non-hydrogen) atoms. The van der Waals surface area contributed by atoms with E-state index in [9.17, 15) is 9.59 Å². The standard InChI is InChI=1S/C27H26N4O4/c1-17(2)34-21-12-10-19(11-13-21)25(32)29-16-24-18(3)35-27(31-24)22-8-4-5-9-23(22)30-26(33)20-7-6-14-28-15-20/h4-15,17H,16H2,1-3H3,(H,29,32)(H,30,33). The Morgan fingerprint density at radius 2 is 1.74 bits per heavy atom. The molecule has 8 heteroatoms. The van der Waals surface area contributed by atoms with Crippen molar-refractivity contribution in [2.75, 3.05) is 5.32 Å². The Labute approximate surface area is 203 Å². The van der Waals surface area contributed by atoms with Gasteiger partial charge in [-0.3, -0.25) is 14.6 Å². The minimum atomic E-state index is -0.286. The fraction of sp³-hybridized carbons (Fsp3) is 0.185. The maximum Gasteiger partial charge on any atom is 0.257 e. The van der Waals surface area contributed by atoms with Crippen molar-refractivity contribution in [2.45, 2.75) is 33.4 Å². The van der Waals surface area contributed by atoms with Crippen LogP contribution in [0.5, 0.6) is 5.75 Å². The molecule has 0 aliphatic heterocycles. The molecule has 178 valence electrons. The highest BCUT2D eigenvalue weighted by Crippen LogP contribution is 2.29. The quantitative estimate of drug-likeness (QED) is 0.375. The Bertz CT molecular complexity index is 1310. The number of nitrogens with zero attached hydrogens (tertiary/aromatic N) is 2. The van der Waals surface area contributed by atoms with E-state index in [0.29, 0.717) is 45.5 Å². The molecule has 0 saturated heterocycles. The van der Waals surface area contributed by atoms with E-state index < -0.39 is 0 Å². The normalized spacial score (nSPS) is 10.7. The highest BCUT2D eigenvalue weighted by atomic mass is 16.5. The summed E-state index contributed by atoms with van der Waals surface area (Å²) in [6.07, 6.45) is 3.17. The summed E-state index contributed by atoms with van der Waals surface area (Å²) >= 11 is 0. The lowest BCUT2D eigenvalue weighted by Crippen LogP contribution is -2.23. The molecule has 4 aromatic rings. The first kappa shape index (κ1) is 23.7. The van der Waals surface area contributed by atoms with Crippen molar-refractivity contribution in [3.63, 3.8) is 0 Å². The smallest absolute Gasteiger partial charge is 0.257 e. The van der Waals surface area contributed by atoms with E-state index >= 15 is 0 Å². The van der Waals surface area contributed by atoms with Crippen LogP contribution in [-0.4, -0.2) is 27.9 Å². The van der Waals surface area contributed by atoms with Crippen LogP contribution in [0.1, 0.15) is 46.0 Å². The van der Waals surface area contributed by atoms with Crippen LogP contribution >= 0.6 is 0 Å². The number of rotatable bonds is 8. The molecular weight excluding hydrogens is 444 g/mol. The van der Waals surface area contributed by atoms with Crippen molar-refractivity contribution in [3.05, 3.63) is 95.6 Å². The molecule has 2 aromatic heterocycles. The largest absolute Gasteiger partial charge is 0.491 e. The molecule has 0 bridgehead atoms. The number of carbonyl (C=O) groups is 2. The molecule has 2 N–H and O–H groups in total. The molecule has 0 unspecified atom stereocenters. The Balaban J connectivity index is 1.45. The zero-order chi connectivity index (χ0) is 24.8. The summed E-state index contributed by atoms with van der Waals surface area (Å²) in [5.74, 6) is 1.13. The number of pyridine rings is 1. The number of nitrogens with one attached hydrogen (secondary N) is 2. The summed E-state index contributed by atoms with van der Waals surface area (Å²) in [5, 5.41) is 5.75. The molecule has 4 rings (SSSR count). The monoisotopic (exact) mass is 470 g/mol. The number of amides is 2. The van der Waals surface area contributed by atoms with Crippen LogP contribution in [0.2, 0.25) is 0 Å². The zero-order valence-corrected chi connectivity index (χ0v) is 19.7. The van der Waals surface area contributed by atoms with Gasteiger partial charge in [0.1, 0.15) is 17.2 Å². The molecular formula is C27H26N4O4. The Hall–Kier alpha value is -4.46. The zero-order valence-electron chi connectivity index (χ0n) is 19.7. The second kappa shape index (κ2) is 10.6. The topological polar surface area (TPSA) is 106 Å². The van der Waals surface area contributed by atoms with Crippen LogP contribution < -0.4 is 15.4 Å². The third kappa shape index (κ3) is 5.92. The fourth-order valence-corrected chi connectivity index (χ4v) is 3.40. The molecule has 2 heterocycles. The molecule has 8 nitrogen and oxygen atoms in total. The van der Waals surface area contributed by atoms with Crippen LogP contribution in [-0.2, 0) is 6.54 Å². The van der Waals surface area contributed by atoms with Crippen molar-refractivity contribution in [1.29, 1.82) is 0 Å². The molecule has 0 spiro atoms. The van der Waals surface area contributed by atoms with Crippen molar-refractivity contribution in [2.24, 2.45) is 0 Å². The summed E-state index contributed by atoms with van der Waals surface area (Å²) in [6, 6.07) is 17.6. The number of carbonyl (C=O) groups excluding carboxylic acids is 2. The average molecular weight is 471 g/mol. The van der Waals surface area contributed by atoms with Gasteiger partial charge in [-0.1, -0.05) is 12.1 Å². The minimum absolute atomic E-state index is 0.0628. The SMILES string of the molecule is Cc1oc(-c2ccccc2NC(=O)c2cccnc2)nc1CNC(=O)c1ccc(OC(C)C)cc1. The van der Waals surface area contributed by atoms with Gasteiger partial charge in [0.2, 0.25) is 5.89 Å². The van der Waals surface area contributed by atoms with Gasteiger partial charge in [0, 0.05) is 18.0 Å². The lowest BCUT2D eigenvalue weighted by Gasteiger charge is -2.10. The Morgan fingerprint density at radius 1 is 0.971 bits per heavy atom. The van der Waals surface area contributed by atoms with Gasteiger partial charge in [-0.15, -0.1) is 0 Å². The number of benzene rings is 2. The first-order chi connectivity index (χ1) is 16.9. The predicted octanol–water partition coefficient (Wildman–Crippen LogP) is 5.01. The van der Waals surface area contributed by atoms with E-state index in [1.54, 1.807) is 55.6 Å². The lowest BCUT2D eigenvalue weighted by molar-refractivity contribution is 0.0949. The van der Waals surface area contributed by atoms with Gasteiger partial charge in [0.25, 0.3) is 11.8 Å². The van der Waals surface area contributed by atoms with Crippen LogP contribution in [0.4, 0.5) is 5.69 Å². The highest BCUT2D eigenvalue weighted by Gasteiger charge is 2.17. The number of hydrogen-bond donors (Lipinski definition) is 2. The van der Waals surface area contributed by atoms with Gasteiger partial charge in [-0.2, -0.15) is 0 Å². The third-order valence-electron chi connectivity index (χ3n) is 5.13. The molecule has 0 aliphatic rings. The summed E-state index contributed by atoms with van der Waals surface area (Å²) in [7, 11) is 0. The second-order valence-electron chi connectivity index (χ2n) is 8.14. The van der Waals surface area contributed by atoms with Crippen molar-refractivity contribution in [3.8, 4) is 17.2 Å². The van der Waals surface area contributed by atoms with E-state index in [2.05, 4.69) is 20.6 Å². The van der Waals surface area contributed by atoms with Gasteiger partial charge < -0.3 is 19.8 Å². The minimum Gasteiger partial charge on any atom is -0.491 e. The van der Waals surface area contributed by atoms with Crippen LogP contribution in [0, 0.1) is 6.92 Å². The molecule has 0 aliphatic carbocycles. The van der Waals surface area contributed by atoms with Crippen molar-refractivity contribution in [1.82, 2.24) is 15.3 Å². The van der Waals surface area contributed by atoms with E-state index in [-0.39, 0.29) is 24.5 Å². The van der Waals surface area contributed by atoms with E-state index in [0.717, 1.165) is 0 Å². The van der Waals surface area contributed by atoms with E-state index in [1.807, 2.05) is 32.0 Å². The number of ether oxygens (including phenoxy) is 1. The van der Waals surface area contributed by atoms with Gasteiger partial charge in [0.15, 0.2) is 0 Å². The number of anilines is 1. The molecule has 2 aromatic carbocycles. The van der Waals surface area contributed by atoms with Gasteiger partial charge in [-0.05, 0) is 69.3 Å². The molecule has 0 radical (unpaired) electrons. The fourth-order valence-electron chi connectivity index (χ4n) is 3.40. The van der Waals surface area contributed by atoms with Gasteiger partial charge >= 0.3 is 0 Å². The lowest BCUT2D eigenvalue weighted by atomic mass is 10.1. The maximum atomic E-state index is 12.6. The third-order valence-corrected chi connectivity index (χ3v) is 5.13. The predicted molar refractivity (Wildman–Crippen MR) is 132 cm³/mol. The summed E-state index contributed by atoms with van der Waals surface area (Å²) in [4.78, 5) is 33.7. The summed E-state index contributed by atoms with van der Waals surface area (Å²) < 4.78 is 11.5. The number of oxazole rings is 1. The Morgan fingerprint density at radius 3 is 2.46 bits per heavy atom. The summed E-state index contributed by atoms with van der Waals surface area (Å²) in [5.41, 5.74) is 2.75. The number of para-hydroxylation sites is 1. The molecule has 0 saturated carbocycles. The number of aromatic nitrogens is 2. The highest BCUT2D eigenvalue weighted by molar-refractivity contribution is 6.05. The molecule has 0 fully saturated rings.